The second kappa shape index (κ2) is 8.81. The van der Waals surface area contributed by atoms with Gasteiger partial charge in [0.2, 0.25) is 5.91 Å². The zero-order valence-electron chi connectivity index (χ0n) is 17.3. The molecule has 3 heterocycles. The van der Waals surface area contributed by atoms with Gasteiger partial charge >= 0.3 is 0 Å². The highest BCUT2D eigenvalue weighted by Gasteiger charge is 2.31. The summed E-state index contributed by atoms with van der Waals surface area (Å²) in [6.07, 6.45) is 3.65. The van der Waals surface area contributed by atoms with Gasteiger partial charge in [0, 0.05) is 62.5 Å². The molecule has 1 amide bonds. The Kier molecular flexibility index (Phi) is 6.18. The Morgan fingerprint density at radius 1 is 1.31 bits per heavy atom. The molecule has 29 heavy (non-hydrogen) atoms. The van der Waals surface area contributed by atoms with Crippen molar-refractivity contribution in [3.8, 4) is 0 Å². The average molecular weight is 415 g/mol. The fourth-order valence-corrected chi connectivity index (χ4v) is 5.11. The van der Waals surface area contributed by atoms with E-state index in [0.717, 1.165) is 55.4 Å². The van der Waals surface area contributed by atoms with Gasteiger partial charge < -0.3 is 14.9 Å². The van der Waals surface area contributed by atoms with E-state index in [4.69, 9.17) is 0 Å². The number of aliphatic hydroxyl groups excluding tert-OH is 1. The first kappa shape index (κ1) is 20.3. The lowest BCUT2D eigenvalue weighted by Gasteiger charge is -2.35. The van der Waals surface area contributed by atoms with Crippen LogP contribution in [0.15, 0.2) is 29.8 Å². The molecule has 6 nitrogen and oxygen atoms in total. The Balaban J connectivity index is 1.37. The third-order valence-electron chi connectivity index (χ3n) is 5.93. The molecule has 7 heteroatoms. The van der Waals surface area contributed by atoms with Gasteiger partial charge in [-0.15, -0.1) is 11.3 Å². The van der Waals surface area contributed by atoms with Crippen molar-refractivity contribution in [2.75, 3.05) is 42.5 Å². The van der Waals surface area contributed by atoms with E-state index in [2.05, 4.69) is 27.8 Å². The lowest BCUT2D eigenvalue weighted by Crippen LogP contribution is -2.47. The number of carbonyl (C=O) groups excluding carboxylic acids is 1. The number of piperazine rings is 1. The highest BCUT2D eigenvalue weighted by atomic mass is 32.1. The largest absolute Gasteiger partial charge is 0.387 e. The quantitative estimate of drug-likeness (QED) is 0.787. The molecule has 1 aromatic carbocycles. The molecule has 4 rings (SSSR count). The fraction of sp³-hybridized carbons (Fsp3) is 0.545. The van der Waals surface area contributed by atoms with E-state index in [1.807, 2.05) is 35.5 Å². The Hall–Kier alpha value is -1.96. The van der Waals surface area contributed by atoms with Crippen molar-refractivity contribution in [1.82, 2.24) is 9.88 Å². The number of amides is 1. The molecule has 0 saturated carbocycles. The normalized spacial score (nSPS) is 20.7. The van der Waals surface area contributed by atoms with Gasteiger partial charge in [0.25, 0.3) is 0 Å². The van der Waals surface area contributed by atoms with Gasteiger partial charge in [0.05, 0.1) is 6.10 Å². The van der Waals surface area contributed by atoms with E-state index >= 15 is 0 Å². The van der Waals surface area contributed by atoms with Gasteiger partial charge in [0.15, 0.2) is 5.13 Å². The predicted molar refractivity (Wildman–Crippen MR) is 118 cm³/mol. The number of anilines is 2. The number of β-amino-alcohol motifs (C(OH)–C–C–N with tert-alkyl or cyclic N) is 1. The van der Waals surface area contributed by atoms with Crippen LogP contribution < -0.4 is 9.80 Å². The minimum Gasteiger partial charge on any atom is -0.387 e. The topological polar surface area (TPSA) is 59.9 Å². The van der Waals surface area contributed by atoms with E-state index in [0.29, 0.717) is 13.0 Å². The standard InChI is InChI=1S/C22H30N4O2S/c1-3-4-21(28)26-16(2)13-18-14-17(5-6-19(18)26)20(27)15-24-8-10-25(11-9-24)22-23-7-12-29-22/h5-7,12,14,16,20,27H,3-4,8-11,13,15H2,1-2H3. The maximum Gasteiger partial charge on any atom is 0.227 e. The number of hydrogen-bond acceptors (Lipinski definition) is 6. The Bertz CT molecular complexity index is 833. The summed E-state index contributed by atoms with van der Waals surface area (Å²) in [6, 6.07) is 6.29. The summed E-state index contributed by atoms with van der Waals surface area (Å²) in [5.74, 6) is 0.199. The number of nitrogens with zero attached hydrogens (tertiary/aromatic N) is 4. The van der Waals surface area contributed by atoms with Crippen LogP contribution in [0.5, 0.6) is 0 Å². The first-order valence-corrected chi connectivity index (χ1v) is 11.4. The third kappa shape index (κ3) is 4.32. The minimum absolute atomic E-state index is 0.190. The lowest BCUT2D eigenvalue weighted by molar-refractivity contribution is -0.118. The van der Waals surface area contributed by atoms with E-state index in [1.54, 1.807) is 11.3 Å². The number of aromatic nitrogens is 1. The van der Waals surface area contributed by atoms with Gasteiger partial charge in [-0.05, 0) is 37.0 Å². The number of hydrogen-bond donors (Lipinski definition) is 1. The Morgan fingerprint density at radius 3 is 2.79 bits per heavy atom. The Morgan fingerprint density at radius 2 is 2.10 bits per heavy atom. The molecule has 2 atom stereocenters. The molecule has 0 radical (unpaired) electrons. The van der Waals surface area contributed by atoms with E-state index in [1.165, 1.54) is 5.56 Å². The van der Waals surface area contributed by atoms with Crippen LogP contribution in [0.25, 0.3) is 0 Å². The number of benzene rings is 1. The molecule has 0 bridgehead atoms. The van der Waals surface area contributed by atoms with Gasteiger partial charge in [-0.25, -0.2) is 4.98 Å². The molecule has 2 aliphatic heterocycles. The van der Waals surface area contributed by atoms with Crippen LogP contribution in [-0.2, 0) is 11.2 Å². The van der Waals surface area contributed by atoms with Crippen LogP contribution in [0.2, 0.25) is 0 Å². The average Bonchev–Trinajstić information content (AvgIpc) is 3.35. The molecule has 1 fully saturated rings. The van der Waals surface area contributed by atoms with Crippen LogP contribution in [0.4, 0.5) is 10.8 Å². The van der Waals surface area contributed by atoms with Crippen LogP contribution in [-0.4, -0.2) is 59.7 Å². The number of fused-ring (bicyclic) bond motifs is 1. The third-order valence-corrected chi connectivity index (χ3v) is 6.76. The van der Waals surface area contributed by atoms with E-state index < -0.39 is 6.10 Å². The maximum atomic E-state index is 12.5. The minimum atomic E-state index is -0.512. The van der Waals surface area contributed by atoms with E-state index in [9.17, 15) is 9.90 Å². The molecule has 1 saturated heterocycles. The highest BCUT2D eigenvalue weighted by molar-refractivity contribution is 7.13. The summed E-state index contributed by atoms with van der Waals surface area (Å²) < 4.78 is 0. The molecule has 1 aromatic heterocycles. The van der Waals surface area contributed by atoms with Crippen LogP contribution >= 0.6 is 11.3 Å². The van der Waals surface area contributed by atoms with Crippen LogP contribution in [0, 0.1) is 0 Å². The molecule has 1 N–H and O–H groups in total. The van der Waals surface area contributed by atoms with Crippen molar-refractivity contribution < 1.29 is 9.90 Å². The van der Waals surface area contributed by atoms with Crippen LogP contribution in [0.3, 0.4) is 0 Å². The van der Waals surface area contributed by atoms with E-state index in [-0.39, 0.29) is 11.9 Å². The molecule has 2 aromatic rings. The number of aliphatic hydroxyl groups is 1. The summed E-state index contributed by atoms with van der Waals surface area (Å²) >= 11 is 1.68. The zero-order chi connectivity index (χ0) is 20.4. The SMILES string of the molecule is CCCC(=O)N1c2ccc(C(O)CN3CCN(c4nccs4)CC3)cc2CC1C. The van der Waals surface area contributed by atoms with Crippen molar-refractivity contribution in [3.05, 3.63) is 40.9 Å². The first-order valence-electron chi connectivity index (χ1n) is 10.6. The predicted octanol–water partition coefficient (Wildman–Crippen LogP) is 3.08. The van der Waals surface area contributed by atoms with Gasteiger partial charge in [-0.3, -0.25) is 9.69 Å². The number of thiazole rings is 1. The van der Waals surface area contributed by atoms with Gasteiger partial charge in [0.1, 0.15) is 0 Å². The van der Waals surface area contributed by atoms with Gasteiger partial charge in [-0.2, -0.15) is 0 Å². The van der Waals surface area contributed by atoms with Crippen molar-refractivity contribution in [2.45, 2.75) is 45.3 Å². The smallest absolute Gasteiger partial charge is 0.227 e. The Labute approximate surface area is 176 Å². The molecular weight excluding hydrogens is 384 g/mol. The molecular formula is C22H30N4O2S. The van der Waals surface area contributed by atoms with Crippen molar-refractivity contribution in [1.29, 1.82) is 0 Å². The number of rotatable bonds is 6. The molecule has 0 aliphatic carbocycles. The maximum absolute atomic E-state index is 12.5. The summed E-state index contributed by atoms with van der Waals surface area (Å²) in [7, 11) is 0. The molecule has 2 aliphatic rings. The fourth-order valence-electron chi connectivity index (χ4n) is 4.42. The second-order valence-corrected chi connectivity index (χ2v) is 8.95. The zero-order valence-corrected chi connectivity index (χ0v) is 18.1. The summed E-state index contributed by atoms with van der Waals surface area (Å²) in [6.45, 7) is 8.52. The second-order valence-electron chi connectivity index (χ2n) is 8.07. The van der Waals surface area contributed by atoms with Crippen LogP contribution in [0.1, 0.15) is 43.9 Å². The molecule has 2 unspecified atom stereocenters. The van der Waals surface area contributed by atoms with Crippen molar-refractivity contribution >= 4 is 28.1 Å². The monoisotopic (exact) mass is 414 g/mol. The molecule has 0 spiro atoms. The van der Waals surface area contributed by atoms with Gasteiger partial charge in [-0.1, -0.05) is 19.1 Å². The van der Waals surface area contributed by atoms with Crippen molar-refractivity contribution in [3.63, 3.8) is 0 Å². The summed E-state index contributed by atoms with van der Waals surface area (Å²) in [4.78, 5) is 23.4. The number of carbonyl (C=O) groups is 1. The first-order chi connectivity index (χ1) is 14.1. The van der Waals surface area contributed by atoms with Crippen molar-refractivity contribution in [2.24, 2.45) is 0 Å². The summed E-state index contributed by atoms with van der Waals surface area (Å²) in [5.41, 5.74) is 3.14. The lowest BCUT2D eigenvalue weighted by atomic mass is 10.0. The molecule has 156 valence electrons. The summed E-state index contributed by atoms with van der Waals surface area (Å²) in [5, 5.41) is 13.9. The highest BCUT2D eigenvalue weighted by Crippen LogP contribution is 2.35.